The second kappa shape index (κ2) is 6.79. The number of hydrogen-bond acceptors (Lipinski definition) is 6. The Morgan fingerprint density at radius 2 is 2.04 bits per heavy atom. The number of anilines is 1. The largest absolute Gasteiger partial charge is 0.394 e. The van der Waals surface area contributed by atoms with Gasteiger partial charge in [0, 0.05) is 23.5 Å². The Labute approximate surface area is 140 Å². The van der Waals surface area contributed by atoms with Gasteiger partial charge in [0.25, 0.3) is 0 Å². The molecule has 0 saturated carbocycles. The van der Waals surface area contributed by atoms with Crippen molar-refractivity contribution in [1.82, 2.24) is 30.0 Å². The van der Waals surface area contributed by atoms with Crippen LogP contribution in [0.25, 0.3) is 5.69 Å². The van der Waals surface area contributed by atoms with Crippen LogP contribution in [0.4, 0.5) is 5.69 Å². The quantitative estimate of drug-likeness (QED) is 0.710. The highest BCUT2D eigenvalue weighted by Gasteiger charge is 2.11. The van der Waals surface area contributed by atoms with Gasteiger partial charge in [-0.3, -0.25) is 4.68 Å². The molecule has 0 amide bonds. The van der Waals surface area contributed by atoms with Gasteiger partial charge in [0.15, 0.2) is 5.82 Å². The molecule has 1 aromatic carbocycles. The summed E-state index contributed by atoms with van der Waals surface area (Å²) in [6.07, 6.45) is 0. The average molecular weight is 327 g/mol. The van der Waals surface area contributed by atoms with Crippen molar-refractivity contribution in [2.24, 2.45) is 0 Å². The van der Waals surface area contributed by atoms with Gasteiger partial charge >= 0.3 is 0 Å². The molecule has 3 aromatic rings. The van der Waals surface area contributed by atoms with Gasteiger partial charge in [-0.2, -0.15) is 9.78 Å². The third-order valence-corrected chi connectivity index (χ3v) is 4.03. The first-order valence-electron chi connectivity index (χ1n) is 7.83. The SMILES string of the molecule is Cc1nn(CCO)c(C)c1CNc1cccc(-n2nnnc2C)c1. The third kappa shape index (κ3) is 3.13. The van der Waals surface area contributed by atoms with Crippen LogP contribution in [0.1, 0.15) is 22.8 Å². The van der Waals surface area contributed by atoms with Crippen LogP contribution in [0.5, 0.6) is 0 Å². The van der Waals surface area contributed by atoms with E-state index in [1.165, 1.54) is 0 Å². The van der Waals surface area contributed by atoms with Crippen molar-refractivity contribution >= 4 is 5.69 Å². The van der Waals surface area contributed by atoms with Crippen LogP contribution in [0.3, 0.4) is 0 Å². The monoisotopic (exact) mass is 327 g/mol. The third-order valence-electron chi connectivity index (χ3n) is 4.03. The average Bonchev–Trinajstić information content (AvgIpc) is 3.11. The fourth-order valence-corrected chi connectivity index (χ4v) is 2.71. The number of aromatic nitrogens is 6. The molecule has 2 aromatic heterocycles. The van der Waals surface area contributed by atoms with Gasteiger partial charge in [-0.1, -0.05) is 6.07 Å². The van der Waals surface area contributed by atoms with E-state index >= 15 is 0 Å². The summed E-state index contributed by atoms with van der Waals surface area (Å²) in [7, 11) is 0. The highest BCUT2D eigenvalue weighted by molar-refractivity contribution is 5.51. The minimum absolute atomic E-state index is 0.0855. The highest BCUT2D eigenvalue weighted by Crippen LogP contribution is 2.18. The minimum atomic E-state index is 0.0855. The first-order chi connectivity index (χ1) is 11.6. The maximum atomic E-state index is 9.10. The molecule has 0 radical (unpaired) electrons. The van der Waals surface area contributed by atoms with Gasteiger partial charge in [-0.05, 0) is 49.4 Å². The lowest BCUT2D eigenvalue weighted by Crippen LogP contribution is -2.07. The molecule has 0 aliphatic carbocycles. The molecule has 0 saturated heterocycles. The summed E-state index contributed by atoms with van der Waals surface area (Å²) in [5.74, 6) is 0.740. The van der Waals surface area contributed by atoms with Gasteiger partial charge in [-0.15, -0.1) is 5.10 Å². The number of aryl methyl sites for hydroxylation is 2. The first-order valence-corrected chi connectivity index (χ1v) is 7.83. The topological polar surface area (TPSA) is 93.7 Å². The smallest absolute Gasteiger partial charge is 0.153 e. The van der Waals surface area contributed by atoms with Crippen LogP contribution in [-0.2, 0) is 13.1 Å². The van der Waals surface area contributed by atoms with Gasteiger partial charge in [0.2, 0.25) is 0 Å². The van der Waals surface area contributed by atoms with Crippen molar-refractivity contribution in [3.63, 3.8) is 0 Å². The number of aliphatic hydroxyl groups is 1. The zero-order valence-corrected chi connectivity index (χ0v) is 14.1. The number of nitrogens with one attached hydrogen (secondary N) is 1. The second-order valence-corrected chi connectivity index (χ2v) is 5.64. The van der Waals surface area contributed by atoms with Crippen molar-refractivity contribution in [2.45, 2.75) is 33.9 Å². The predicted octanol–water partition coefficient (Wildman–Crippen LogP) is 1.39. The van der Waals surface area contributed by atoms with Crippen LogP contribution in [0, 0.1) is 20.8 Å². The van der Waals surface area contributed by atoms with Crippen LogP contribution in [0.15, 0.2) is 24.3 Å². The molecule has 0 atom stereocenters. The van der Waals surface area contributed by atoms with Crippen molar-refractivity contribution < 1.29 is 5.11 Å². The zero-order valence-electron chi connectivity index (χ0n) is 14.1. The summed E-state index contributed by atoms with van der Waals surface area (Å²) in [6, 6.07) is 7.94. The van der Waals surface area contributed by atoms with E-state index in [0.29, 0.717) is 13.1 Å². The number of tetrazole rings is 1. The van der Waals surface area contributed by atoms with Gasteiger partial charge in [0.1, 0.15) is 0 Å². The van der Waals surface area contributed by atoms with E-state index in [0.717, 1.165) is 34.2 Å². The molecule has 0 aliphatic heterocycles. The Hall–Kier alpha value is -2.74. The zero-order chi connectivity index (χ0) is 17.1. The van der Waals surface area contributed by atoms with E-state index in [2.05, 4.69) is 25.9 Å². The number of nitrogens with zero attached hydrogens (tertiary/aromatic N) is 6. The van der Waals surface area contributed by atoms with Crippen LogP contribution in [-0.4, -0.2) is 41.7 Å². The lowest BCUT2D eigenvalue weighted by Gasteiger charge is -2.09. The molecule has 2 heterocycles. The van der Waals surface area contributed by atoms with Crippen molar-refractivity contribution in [1.29, 1.82) is 0 Å². The first kappa shape index (κ1) is 16.1. The van der Waals surface area contributed by atoms with Crippen LogP contribution < -0.4 is 5.32 Å². The van der Waals surface area contributed by atoms with E-state index in [-0.39, 0.29) is 6.61 Å². The molecule has 8 nitrogen and oxygen atoms in total. The lowest BCUT2D eigenvalue weighted by molar-refractivity contribution is 0.268. The van der Waals surface area contributed by atoms with E-state index in [1.54, 1.807) is 4.68 Å². The van der Waals surface area contributed by atoms with Crippen molar-refractivity contribution in [2.75, 3.05) is 11.9 Å². The predicted molar refractivity (Wildman–Crippen MR) is 90.0 cm³/mol. The normalized spacial score (nSPS) is 11.0. The Morgan fingerprint density at radius 3 is 2.75 bits per heavy atom. The lowest BCUT2D eigenvalue weighted by atomic mass is 10.2. The molecule has 8 heteroatoms. The summed E-state index contributed by atoms with van der Waals surface area (Å²) in [6.45, 7) is 7.14. The van der Waals surface area contributed by atoms with Crippen molar-refractivity contribution in [3.8, 4) is 5.69 Å². The Bertz CT molecular complexity index is 837. The van der Waals surface area contributed by atoms with Gasteiger partial charge in [-0.25, -0.2) is 0 Å². The summed E-state index contributed by atoms with van der Waals surface area (Å²) in [4.78, 5) is 0. The molecular formula is C16H21N7O. The van der Waals surface area contributed by atoms with Crippen LogP contribution in [0.2, 0.25) is 0 Å². The fraction of sp³-hybridized carbons (Fsp3) is 0.375. The number of aliphatic hydroxyl groups excluding tert-OH is 1. The van der Waals surface area contributed by atoms with Crippen LogP contribution >= 0.6 is 0 Å². The Balaban J connectivity index is 1.77. The van der Waals surface area contributed by atoms with E-state index in [4.69, 9.17) is 5.11 Å². The maximum Gasteiger partial charge on any atom is 0.153 e. The summed E-state index contributed by atoms with van der Waals surface area (Å²) in [5, 5.41) is 28.6. The molecule has 0 spiro atoms. The molecule has 0 bridgehead atoms. The molecule has 0 aliphatic rings. The Kier molecular flexibility index (Phi) is 4.57. The molecule has 2 N–H and O–H groups in total. The number of benzene rings is 1. The van der Waals surface area contributed by atoms with Crippen molar-refractivity contribution in [3.05, 3.63) is 47.0 Å². The summed E-state index contributed by atoms with van der Waals surface area (Å²) in [5.41, 5.74) is 5.08. The molecular weight excluding hydrogens is 306 g/mol. The van der Waals surface area contributed by atoms with E-state index in [1.807, 2.05) is 49.7 Å². The minimum Gasteiger partial charge on any atom is -0.394 e. The van der Waals surface area contributed by atoms with Gasteiger partial charge in [0.05, 0.1) is 24.5 Å². The molecule has 24 heavy (non-hydrogen) atoms. The summed E-state index contributed by atoms with van der Waals surface area (Å²) < 4.78 is 3.54. The molecule has 3 rings (SSSR count). The molecule has 0 fully saturated rings. The second-order valence-electron chi connectivity index (χ2n) is 5.64. The highest BCUT2D eigenvalue weighted by atomic mass is 16.3. The Morgan fingerprint density at radius 1 is 1.21 bits per heavy atom. The fourth-order valence-electron chi connectivity index (χ4n) is 2.71. The van der Waals surface area contributed by atoms with E-state index in [9.17, 15) is 0 Å². The number of rotatable bonds is 6. The molecule has 0 unspecified atom stereocenters. The van der Waals surface area contributed by atoms with Gasteiger partial charge < -0.3 is 10.4 Å². The summed E-state index contributed by atoms with van der Waals surface area (Å²) >= 11 is 0. The molecule has 126 valence electrons. The standard InChI is InChI=1S/C16H21N7O/c1-11-16(12(2)22(19-11)7-8-24)10-17-14-5-4-6-15(9-14)23-13(3)18-20-21-23/h4-6,9,17,24H,7-8,10H2,1-3H3. The number of hydrogen-bond donors (Lipinski definition) is 2. The maximum absolute atomic E-state index is 9.10. The van der Waals surface area contributed by atoms with E-state index < -0.39 is 0 Å².